The number of thiophene rings is 1. The third-order valence-electron chi connectivity index (χ3n) is 6.34. The van der Waals surface area contributed by atoms with E-state index in [1.54, 1.807) is 32.3 Å². The number of ether oxygens (including phenoxy) is 2. The first-order valence-electron chi connectivity index (χ1n) is 11.2. The SMILES string of the molecule is COCCN(CC(=O)N1CCc2sccc2[C@@H]1COc1ccc(C)cc1)[C@H](C)C(C)(C)O. The highest BCUT2D eigenvalue weighted by Gasteiger charge is 2.35. The van der Waals surface area contributed by atoms with E-state index in [4.69, 9.17) is 9.47 Å². The molecule has 176 valence electrons. The van der Waals surface area contributed by atoms with Crippen molar-refractivity contribution in [2.75, 3.05) is 40.0 Å². The smallest absolute Gasteiger partial charge is 0.237 e. The van der Waals surface area contributed by atoms with Crippen molar-refractivity contribution < 1.29 is 19.4 Å². The number of carbonyl (C=O) groups is 1. The summed E-state index contributed by atoms with van der Waals surface area (Å²) in [5.74, 6) is 0.856. The Morgan fingerprint density at radius 1 is 1.31 bits per heavy atom. The number of nitrogens with zero attached hydrogens (tertiary/aromatic N) is 2. The van der Waals surface area contributed by atoms with Crippen molar-refractivity contribution in [3.63, 3.8) is 0 Å². The van der Waals surface area contributed by atoms with Gasteiger partial charge in [-0.25, -0.2) is 0 Å². The lowest BCUT2D eigenvalue weighted by molar-refractivity contribution is -0.138. The van der Waals surface area contributed by atoms with Gasteiger partial charge in [-0.1, -0.05) is 17.7 Å². The second-order valence-corrected chi connectivity index (χ2v) is 10.1. The van der Waals surface area contributed by atoms with Crippen molar-refractivity contribution in [1.29, 1.82) is 0 Å². The van der Waals surface area contributed by atoms with Gasteiger partial charge in [0.05, 0.1) is 24.8 Å². The van der Waals surface area contributed by atoms with Crippen molar-refractivity contribution in [2.24, 2.45) is 0 Å². The molecular weight excluding hydrogens is 424 g/mol. The predicted octanol–water partition coefficient (Wildman–Crippen LogP) is 3.67. The summed E-state index contributed by atoms with van der Waals surface area (Å²) in [5.41, 5.74) is 1.44. The number of hydrogen-bond donors (Lipinski definition) is 1. The normalized spacial score (nSPS) is 17.3. The minimum atomic E-state index is -0.926. The fraction of sp³-hybridized carbons (Fsp3) is 0.560. The minimum absolute atomic E-state index is 0.0477. The van der Waals surface area contributed by atoms with E-state index in [1.807, 2.05) is 47.9 Å². The molecule has 0 unspecified atom stereocenters. The lowest BCUT2D eigenvalue weighted by Crippen LogP contribution is -2.53. The van der Waals surface area contributed by atoms with Crippen LogP contribution in [0.2, 0.25) is 0 Å². The first kappa shape index (κ1) is 24.7. The highest BCUT2D eigenvalue weighted by Crippen LogP contribution is 2.34. The molecule has 1 N–H and O–H groups in total. The fourth-order valence-corrected chi connectivity index (χ4v) is 4.94. The van der Waals surface area contributed by atoms with Crippen molar-refractivity contribution in [3.05, 3.63) is 51.7 Å². The number of amides is 1. The van der Waals surface area contributed by atoms with Gasteiger partial charge in [-0.15, -0.1) is 11.3 Å². The standard InChI is InChI=1S/C25H36N2O4S/c1-18-6-8-20(9-7-18)31-17-22-21-11-15-32-23(21)10-12-27(22)24(28)16-26(13-14-30-5)19(2)25(3,4)29/h6-9,11,15,19,22,29H,10,12-14,16-17H2,1-5H3/t19-,22+/m1/s1. The molecule has 0 spiro atoms. The van der Waals surface area contributed by atoms with Crippen LogP contribution in [0.3, 0.4) is 0 Å². The molecule has 2 heterocycles. The van der Waals surface area contributed by atoms with E-state index in [-0.39, 0.29) is 24.5 Å². The van der Waals surface area contributed by atoms with Gasteiger partial charge in [0.25, 0.3) is 0 Å². The van der Waals surface area contributed by atoms with E-state index >= 15 is 0 Å². The Balaban J connectivity index is 1.76. The monoisotopic (exact) mass is 460 g/mol. The number of rotatable bonds is 10. The molecule has 0 radical (unpaired) electrons. The molecule has 0 saturated heterocycles. The Labute approximate surface area is 195 Å². The summed E-state index contributed by atoms with van der Waals surface area (Å²) in [6.07, 6.45) is 0.860. The van der Waals surface area contributed by atoms with Crippen molar-refractivity contribution >= 4 is 17.2 Å². The molecule has 2 aromatic rings. The maximum atomic E-state index is 13.5. The average Bonchev–Trinajstić information content (AvgIpc) is 3.24. The van der Waals surface area contributed by atoms with Crippen molar-refractivity contribution in [3.8, 4) is 5.75 Å². The van der Waals surface area contributed by atoms with Gasteiger partial charge in [-0.05, 0) is 63.3 Å². The molecular formula is C25H36N2O4S. The summed E-state index contributed by atoms with van der Waals surface area (Å²) >= 11 is 1.75. The summed E-state index contributed by atoms with van der Waals surface area (Å²) in [6.45, 7) is 9.95. The molecule has 1 aromatic carbocycles. The fourth-order valence-electron chi connectivity index (χ4n) is 4.01. The van der Waals surface area contributed by atoms with Gasteiger partial charge in [0.1, 0.15) is 12.4 Å². The first-order valence-corrected chi connectivity index (χ1v) is 12.1. The summed E-state index contributed by atoms with van der Waals surface area (Å²) in [5, 5.41) is 12.6. The highest BCUT2D eigenvalue weighted by molar-refractivity contribution is 7.10. The Morgan fingerprint density at radius 3 is 2.69 bits per heavy atom. The van der Waals surface area contributed by atoms with Crippen LogP contribution in [0, 0.1) is 6.92 Å². The van der Waals surface area contributed by atoms with Gasteiger partial charge in [0, 0.05) is 31.1 Å². The van der Waals surface area contributed by atoms with Crippen LogP contribution in [0.15, 0.2) is 35.7 Å². The lowest BCUT2D eigenvalue weighted by atomic mass is 9.98. The summed E-state index contributed by atoms with van der Waals surface area (Å²) < 4.78 is 11.4. The Bertz CT molecular complexity index is 875. The second-order valence-electron chi connectivity index (χ2n) is 9.07. The number of fused-ring (bicyclic) bond motifs is 1. The van der Waals surface area contributed by atoms with Crippen LogP contribution in [-0.2, 0) is 16.0 Å². The molecule has 1 amide bonds. The van der Waals surface area contributed by atoms with Gasteiger partial charge in [0.15, 0.2) is 0 Å². The minimum Gasteiger partial charge on any atom is -0.491 e. The van der Waals surface area contributed by atoms with Crippen molar-refractivity contribution in [1.82, 2.24) is 9.80 Å². The third-order valence-corrected chi connectivity index (χ3v) is 7.33. The van der Waals surface area contributed by atoms with Gasteiger partial charge in [-0.3, -0.25) is 9.69 Å². The predicted molar refractivity (Wildman–Crippen MR) is 128 cm³/mol. The molecule has 7 heteroatoms. The van der Waals surface area contributed by atoms with Gasteiger partial charge in [-0.2, -0.15) is 0 Å². The zero-order valence-corrected chi connectivity index (χ0v) is 20.7. The topological polar surface area (TPSA) is 62.2 Å². The van der Waals surface area contributed by atoms with Crippen molar-refractivity contribution in [2.45, 2.75) is 51.8 Å². The maximum absolute atomic E-state index is 13.5. The van der Waals surface area contributed by atoms with Gasteiger partial charge in [0.2, 0.25) is 5.91 Å². The number of hydrogen-bond acceptors (Lipinski definition) is 6. The molecule has 0 fully saturated rings. The molecule has 3 rings (SSSR count). The number of aryl methyl sites for hydroxylation is 1. The quantitative estimate of drug-likeness (QED) is 0.586. The molecule has 32 heavy (non-hydrogen) atoms. The van der Waals surface area contributed by atoms with Crippen LogP contribution in [0.4, 0.5) is 0 Å². The highest BCUT2D eigenvalue weighted by atomic mass is 32.1. The summed E-state index contributed by atoms with van der Waals surface area (Å²) in [7, 11) is 1.65. The number of aliphatic hydroxyl groups is 1. The molecule has 0 saturated carbocycles. The van der Waals surface area contributed by atoms with Crippen LogP contribution in [0.1, 0.15) is 42.8 Å². The molecule has 0 aliphatic carbocycles. The number of benzene rings is 1. The largest absolute Gasteiger partial charge is 0.491 e. The molecule has 6 nitrogen and oxygen atoms in total. The lowest BCUT2D eigenvalue weighted by Gasteiger charge is -2.40. The Kier molecular flexibility index (Phi) is 8.33. The zero-order chi connectivity index (χ0) is 23.3. The molecule has 0 bridgehead atoms. The second kappa shape index (κ2) is 10.8. The van der Waals surface area contributed by atoms with Crippen LogP contribution in [0.25, 0.3) is 0 Å². The van der Waals surface area contributed by atoms with Crippen LogP contribution < -0.4 is 4.74 Å². The van der Waals surface area contributed by atoms with E-state index < -0.39 is 5.60 Å². The summed E-state index contributed by atoms with van der Waals surface area (Å²) in [4.78, 5) is 18.8. The van der Waals surface area contributed by atoms with E-state index in [1.165, 1.54) is 16.0 Å². The zero-order valence-electron chi connectivity index (χ0n) is 19.8. The van der Waals surface area contributed by atoms with Crippen LogP contribution >= 0.6 is 11.3 Å². The Morgan fingerprint density at radius 2 is 2.03 bits per heavy atom. The third kappa shape index (κ3) is 6.10. The van der Waals surface area contributed by atoms with E-state index in [2.05, 4.69) is 11.4 Å². The van der Waals surface area contributed by atoms with Gasteiger partial charge < -0.3 is 19.5 Å². The molecule has 1 aliphatic heterocycles. The van der Waals surface area contributed by atoms with E-state index in [9.17, 15) is 9.90 Å². The Hall–Kier alpha value is -1.93. The van der Waals surface area contributed by atoms with Crippen LogP contribution in [-0.4, -0.2) is 72.4 Å². The summed E-state index contributed by atoms with van der Waals surface area (Å²) in [6, 6.07) is 9.80. The number of carbonyl (C=O) groups excluding carboxylic acids is 1. The maximum Gasteiger partial charge on any atom is 0.237 e. The average molecular weight is 461 g/mol. The van der Waals surface area contributed by atoms with E-state index in [0.29, 0.717) is 26.3 Å². The number of methoxy groups -OCH3 is 1. The first-order chi connectivity index (χ1) is 15.2. The van der Waals surface area contributed by atoms with Crippen LogP contribution in [0.5, 0.6) is 5.75 Å². The molecule has 1 aromatic heterocycles. The van der Waals surface area contributed by atoms with Gasteiger partial charge >= 0.3 is 0 Å². The van der Waals surface area contributed by atoms with E-state index in [0.717, 1.165) is 12.2 Å². The molecule has 2 atom stereocenters. The molecule has 1 aliphatic rings.